The van der Waals surface area contributed by atoms with Crippen LogP contribution in [0.2, 0.25) is 0 Å². The zero-order valence-corrected chi connectivity index (χ0v) is 21.1. The molecule has 1 aliphatic heterocycles. The molecule has 1 saturated heterocycles. The van der Waals surface area contributed by atoms with E-state index >= 15 is 0 Å². The van der Waals surface area contributed by atoms with Crippen molar-refractivity contribution in [1.82, 2.24) is 30.1 Å². The van der Waals surface area contributed by atoms with Crippen LogP contribution in [0.15, 0.2) is 29.1 Å². The van der Waals surface area contributed by atoms with E-state index in [1.807, 2.05) is 10.7 Å². The largest absolute Gasteiger partial charge is 0.376 e. The number of tetrazole rings is 1. The van der Waals surface area contributed by atoms with Gasteiger partial charge in [-0.3, -0.25) is 9.69 Å². The molecule has 35 heavy (non-hydrogen) atoms. The Balaban J connectivity index is 1.48. The lowest BCUT2D eigenvalue weighted by Crippen LogP contribution is -2.41. The van der Waals surface area contributed by atoms with E-state index in [0.29, 0.717) is 19.1 Å². The Kier molecular flexibility index (Phi) is 7.58. The van der Waals surface area contributed by atoms with Gasteiger partial charge < -0.3 is 9.72 Å². The van der Waals surface area contributed by atoms with Gasteiger partial charge in [-0.25, -0.2) is 4.68 Å². The van der Waals surface area contributed by atoms with Gasteiger partial charge in [0.25, 0.3) is 5.56 Å². The number of rotatable bonds is 9. The Labute approximate surface area is 207 Å². The third-order valence-corrected chi connectivity index (χ3v) is 7.84. The molecule has 2 aromatic heterocycles. The number of aryl methyl sites for hydroxylation is 1. The summed E-state index contributed by atoms with van der Waals surface area (Å²) >= 11 is 0. The summed E-state index contributed by atoms with van der Waals surface area (Å²) in [6, 6.07) is 8.86. The zero-order valence-electron chi connectivity index (χ0n) is 21.1. The highest BCUT2D eigenvalue weighted by Crippen LogP contribution is 2.33. The van der Waals surface area contributed by atoms with Gasteiger partial charge >= 0.3 is 0 Å². The lowest BCUT2D eigenvalue weighted by atomic mass is 9.92. The maximum absolute atomic E-state index is 13.2. The first-order valence-electron chi connectivity index (χ1n) is 13.4. The van der Waals surface area contributed by atoms with Crippen molar-refractivity contribution in [2.24, 2.45) is 0 Å². The molecule has 0 spiro atoms. The van der Waals surface area contributed by atoms with E-state index in [1.54, 1.807) is 0 Å². The average Bonchev–Trinajstić information content (AvgIpc) is 3.57. The molecule has 0 amide bonds. The van der Waals surface area contributed by atoms with Crippen LogP contribution in [-0.2, 0) is 24.2 Å². The van der Waals surface area contributed by atoms with Crippen LogP contribution in [0.1, 0.15) is 88.2 Å². The van der Waals surface area contributed by atoms with Gasteiger partial charge in [0, 0.05) is 30.3 Å². The lowest BCUT2D eigenvalue weighted by Gasteiger charge is -2.39. The fourth-order valence-electron chi connectivity index (χ4n) is 5.87. The number of nitrogens with one attached hydrogen (secondary N) is 1. The van der Waals surface area contributed by atoms with E-state index in [-0.39, 0.29) is 17.7 Å². The number of hydrogen-bond donors (Lipinski definition) is 1. The molecule has 8 heteroatoms. The molecule has 1 saturated carbocycles. The number of pyridine rings is 1. The van der Waals surface area contributed by atoms with Crippen molar-refractivity contribution in [2.45, 2.75) is 103 Å². The van der Waals surface area contributed by atoms with Crippen LogP contribution in [0.4, 0.5) is 0 Å². The standard InChI is InChI=1S/C27H38N6O2/c1-3-19-12-13-24-20(15-19)16-21(27(34)28-24)17-32(22-9-6-5-7-10-22)25(4-2)26-29-30-31-33(26)18-23-11-8-14-35-23/h12-13,15-16,22-23,25H,3-11,14,17-18H2,1-2H3,(H,28,34). The number of nitrogens with zero attached hydrogens (tertiary/aromatic N) is 5. The number of H-pyrrole nitrogens is 1. The van der Waals surface area contributed by atoms with E-state index in [0.717, 1.165) is 67.4 Å². The zero-order chi connectivity index (χ0) is 24.2. The molecule has 3 heterocycles. The van der Waals surface area contributed by atoms with E-state index in [2.05, 4.69) is 57.5 Å². The van der Waals surface area contributed by atoms with E-state index in [9.17, 15) is 4.79 Å². The highest BCUT2D eigenvalue weighted by atomic mass is 16.5. The number of ether oxygens (including phenoxy) is 1. The number of benzene rings is 1. The molecule has 2 fully saturated rings. The summed E-state index contributed by atoms with van der Waals surface area (Å²) < 4.78 is 7.81. The second kappa shape index (κ2) is 11.0. The van der Waals surface area contributed by atoms with Gasteiger partial charge in [0.2, 0.25) is 0 Å². The van der Waals surface area contributed by atoms with Crippen LogP contribution in [0.5, 0.6) is 0 Å². The summed E-state index contributed by atoms with van der Waals surface area (Å²) in [6.07, 6.45) is 10.2. The molecular weight excluding hydrogens is 440 g/mol. The minimum absolute atomic E-state index is 0.00337. The van der Waals surface area contributed by atoms with Crippen molar-refractivity contribution < 1.29 is 4.74 Å². The van der Waals surface area contributed by atoms with Gasteiger partial charge in [-0.15, -0.1) is 5.10 Å². The van der Waals surface area contributed by atoms with Crippen molar-refractivity contribution in [2.75, 3.05) is 6.61 Å². The summed E-state index contributed by atoms with van der Waals surface area (Å²) in [5.74, 6) is 0.888. The van der Waals surface area contributed by atoms with Crippen LogP contribution >= 0.6 is 0 Å². The molecule has 0 bridgehead atoms. The molecule has 188 valence electrons. The molecule has 1 aromatic carbocycles. The van der Waals surface area contributed by atoms with Crippen molar-refractivity contribution in [3.8, 4) is 0 Å². The van der Waals surface area contributed by atoms with E-state index < -0.39 is 0 Å². The quantitative estimate of drug-likeness (QED) is 0.486. The Morgan fingerprint density at radius 3 is 2.74 bits per heavy atom. The first-order chi connectivity index (χ1) is 17.2. The number of aromatic amines is 1. The predicted octanol–water partition coefficient (Wildman–Crippen LogP) is 4.54. The maximum Gasteiger partial charge on any atom is 0.252 e. The van der Waals surface area contributed by atoms with Gasteiger partial charge in [-0.05, 0) is 78.1 Å². The normalized spacial score (nSPS) is 20.1. The Bertz CT molecular complexity index is 1180. The minimum atomic E-state index is -0.00337. The third kappa shape index (κ3) is 5.33. The van der Waals surface area contributed by atoms with Crippen LogP contribution in [0.3, 0.4) is 0 Å². The fourth-order valence-corrected chi connectivity index (χ4v) is 5.87. The van der Waals surface area contributed by atoms with Crippen molar-refractivity contribution in [3.05, 3.63) is 51.6 Å². The molecule has 8 nitrogen and oxygen atoms in total. The van der Waals surface area contributed by atoms with Gasteiger partial charge in [0.1, 0.15) is 0 Å². The first-order valence-corrected chi connectivity index (χ1v) is 13.4. The van der Waals surface area contributed by atoms with Crippen LogP contribution in [0, 0.1) is 0 Å². The lowest BCUT2D eigenvalue weighted by molar-refractivity contribution is 0.0734. The maximum atomic E-state index is 13.2. The molecule has 2 aliphatic rings. The number of hydrogen-bond acceptors (Lipinski definition) is 6. The second-order valence-corrected chi connectivity index (χ2v) is 10.1. The first kappa shape index (κ1) is 24.1. The van der Waals surface area contributed by atoms with Crippen molar-refractivity contribution >= 4 is 10.9 Å². The topological polar surface area (TPSA) is 88.9 Å². The van der Waals surface area contributed by atoms with Gasteiger partial charge in [0.05, 0.1) is 18.7 Å². The van der Waals surface area contributed by atoms with Crippen LogP contribution in [0.25, 0.3) is 10.9 Å². The highest BCUT2D eigenvalue weighted by Gasteiger charge is 2.32. The summed E-state index contributed by atoms with van der Waals surface area (Å²) in [4.78, 5) is 18.8. The van der Waals surface area contributed by atoms with Crippen molar-refractivity contribution in [3.63, 3.8) is 0 Å². The summed E-state index contributed by atoms with van der Waals surface area (Å²) in [7, 11) is 0. The van der Waals surface area contributed by atoms with Gasteiger partial charge in [-0.2, -0.15) is 0 Å². The average molecular weight is 479 g/mol. The van der Waals surface area contributed by atoms with Crippen molar-refractivity contribution in [1.29, 1.82) is 0 Å². The fraction of sp³-hybridized carbons (Fsp3) is 0.630. The van der Waals surface area contributed by atoms with Crippen LogP contribution in [-0.4, -0.2) is 48.8 Å². The monoisotopic (exact) mass is 478 g/mol. The summed E-state index contributed by atoms with van der Waals surface area (Å²) in [6.45, 7) is 6.46. The predicted molar refractivity (Wildman–Crippen MR) is 136 cm³/mol. The molecule has 5 rings (SSSR count). The van der Waals surface area contributed by atoms with E-state index in [1.165, 1.54) is 24.8 Å². The van der Waals surface area contributed by atoms with Gasteiger partial charge in [-0.1, -0.05) is 39.2 Å². The number of fused-ring (bicyclic) bond motifs is 1. The molecule has 0 radical (unpaired) electrons. The Morgan fingerprint density at radius 2 is 2.00 bits per heavy atom. The smallest absolute Gasteiger partial charge is 0.252 e. The molecule has 3 aromatic rings. The minimum Gasteiger partial charge on any atom is -0.376 e. The Hall–Kier alpha value is -2.58. The molecule has 1 N–H and O–H groups in total. The van der Waals surface area contributed by atoms with Crippen LogP contribution < -0.4 is 5.56 Å². The Morgan fingerprint density at radius 1 is 1.14 bits per heavy atom. The molecular formula is C27H38N6O2. The SMILES string of the molecule is CCc1ccc2[nH]c(=O)c(CN(C3CCCCC3)C(CC)c3nnnn3CC3CCCO3)cc2c1. The third-order valence-electron chi connectivity index (χ3n) is 7.84. The highest BCUT2D eigenvalue weighted by molar-refractivity contribution is 5.79. The molecule has 1 aliphatic carbocycles. The summed E-state index contributed by atoms with van der Waals surface area (Å²) in [5.41, 5.74) is 2.98. The summed E-state index contributed by atoms with van der Waals surface area (Å²) in [5, 5.41) is 14.0. The number of aromatic nitrogens is 5. The molecule has 2 atom stereocenters. The second-order valence-electron chi connectivity index (χ2n) is 10.1. The van der Waals surface area contributed by atoms with Gasteiger partial charge in [0.15, 0.2) is 5.82 Å². The van der Waals surface area contributed by atoms with E-state index in [4.69, 9.17) is 4.74 Å². The molecule has 2 unspecified atom stereocenters.